The minimum absolute atomic E-state index is 0.0946. The summed E-state index contributed by atoms with van der Waals surface area (Å²) in [5.41, 5.74) is 0.489. The molecule has 0 aromatic heterocycles. The molecule has 0 aliphatic carbocycles. The van der Waals surface area contributed by atoms with Gasteiger partial charge in [-0.05, 0) is 30.7 Å². The van der Waals surface area contributed by atoms with E-state index in [-0.39, 0.29) is 16.4 Å². The Bertz CT molecular complexity index is 1040. The Morgan fingerprint density at radius 3 is 2.64 bits per heavy atom. The van der Waals surface area contributed by atoms with Crippen molar-refractivity contribution in [2.45, 2.75) is 37.1 Å². The third-order valence-corrected chi connectivity index (χ3v) is 5.67. The van der Waals surface area contributed by atoms with Gasteiger partial charge in [0.15, 0.2) is 11.6 Å². The van der Waals surface area contributed by atoms with Crippen LogP contribution in [0.15, 0.2) is 52.4 Å². The number of hydrogen-bond acceptors (Lipinski definition) is 4. The lowest BCUT2D eigenvalue weighted by molar-refractivity contribution is -0.117. The number of rotatable bonds is 6. The summed E-state index contributed by atoms with van der Waals surface area (Å²) in [7, 11) is -3.72. The van der Waals surface area contributed by atoms with Crippen molar-refractivity contribution < 1.29 is 22.0 Å². The van der Waals surface area contributed by atoms with Gasteiger partial charge in [-0.15, -0.1) is 0 Å². The van der Waals surface area contributed by atoms with Gasteiger partial charge < -0.3 is 5.32 Å². The monoisotopic (exact) mass is 407 g/mol. The minimum Gasteiger partial charge on any atom is -0.324 e. The van der Waals surface area contributed by atoms with Crippen molar-refractivity contribution in [3.05, 3.63) is 59.7 Å². The largest absolute Gasteiger partial charge is 0.324 e. The number of halogens is 2. The SMILES string of the molecule is CCCC[C@@H](N=C1NS(=O)(=O)c2ccccc21)C(=O)Nc1ccc(F)c(F)c1. The fourth-order valence-corrected chi connectivity index (χ4v) is 4.08. The van der Waals surface area contributed by atoms with Gasteiger partial charge in [0.25, 0.3) is 10.0 Å². The highest BCUT2D eigenvalue weighted by Gasteiger charge is 2.31. The Balaban J connectivity index is 1.89. The van der Waals surface area contributed by atoms with Gasteiger partial charge >= 0.3 is 0 Å². The van der Waals surface area contributed by atoms with E-state index in [4.69, 9.17) is 0 Å². The number of hydrogen-bond donors (Lipinski definition) is 2. The highest BCUT2D eigenvalue weighted by Crippen LogP contribution is 2.23. The van der Waals surface area contributed by atoms with E-state index in [2.05, 4.69) is 15.0 Å². The number of anilines is 1. The molecule has 148 valence electrons. The number of benzene rings is 2. The molecule has 2 N–H and O–H groups in total. The fraction of sp³-hybridized carbons (Fsp3) is 0.263. The molecule has 28 heavy (non-hydrogen) atoms. The van der Waals surface area contributed by atoms with E-state index < -0.39 is 33.6 Å². The van der Waals surface area contributed by atoms with Gasteiger partial charge in [-0.3, -0.25) is 14.5 Å². The molecule has 1 aliphatic rings. The average Bonchev–Trinajstić information content (AvgIpc) is 2.92. The second kappa shape index (κ2) is 8.05. The molecule has 9 heteroatoms. The van der Waals surface area contributed by atoms with Crippen molar-refractivity contribution in [3.8, 4) is 0 Å². The molecule has 1 amide bonds. The number of aliphatic imine (C=N–C) groups is 1. The van der Waals surface area contributed by atoms with Gasteiger partial charge in [0.1, 0.15) is 11.9 Å². The topological polar surface area (TPSA) is 87.6 Å². The first-order valence-electron chi connectivity index (χ1n) is 8.77. The van der Waals surface area contributed by atoms with Gasteiger partial charge in [0.05, 0.1) is 4.90 Å². The van der Waals surface area contributed by atoms with Crippen molar-refractivity contribution in [2.24, 2.45) is 4.99 Å². The summed E-state index contributed by atoms with van der Waals surface area (Å²) >= 11 is 0. The summed E-state index contributed by atoms with van der Waals surface area (Å²) in [5, 5.41) is 2.51. The highest BCUT2D eigenvalue weighted by atomic mass is 32.2. The maximum absolute atomic E-state index is 13.4. The summed E-state index contributed by atoms with van der Waals surface area (Å²) in [6.07, 6.45) is 1.86. The van der Waals surface area contributed by atoms with Crippen LogP contribution in [0.3, 0.4) is 0 Å². The molecule has 0 unspecified atom stereocenters. The van der Waals surface area contributed by atoms with Crippen molar-refractivity contribution in [3.63, 3.8) is 0 Å². The number of amides is 1. The second-order valence-corrected chi connectivity index (χ2v) is 8.01. The molecule has 0 saturated heterocycles. The lowest BCUT2D eigenvalue weighted by Gasteiger charge is -2.14. The number of nitrogens with one attached hydrogen (secondary N) is 2. The lowest BCUT2D eigenvalue weighted by atomic mass is 10.1. The molecule has 0 fully saturated rings. The zero-order valence-electron chi connectivity index (χ0n) is 15.1. The third-order valence-electron chi connectivity index (χ3n) is 4.27. The van der Waals surface area contributed by atoms with Crippen LogP contribution >= 0.6 is 0 Å². The zero-order valence-corrected chi connectivity index (χ0v) is 15.9. The Labute approximate surface area is 161 Å². The molecule has 6 nitrogen and oxygen atoms in total. The number of fused-ring (bicyclic) bond motifs is 1. The Morgan fingerprint density at radius 1 is 1.18 bits per heavy atom. The van der Waals surface area contributed by atoms with E-state index in [9.17, 15) is 22.0 Å². The molecule has 2 aromatic carbocycles. The predicted octanol–water partition coefficient (Wildman–Crippen LogP) is 3.20. The number of unbranched alkanes of at least 4 members (excludes halogenated alkanes) is 1. The summed E-state index contributed by atoms with van der Waals surface area (Å²) < 4.78 is 53.3. The van der Waals surface area contributed by atoms with Crippen LogP contribution in [0.4, 0.5) is 14.5 Å². The number of amidine groups is 1. The van der Waals surface area contributed by atoms with Crippen LogP contribution in [-0.2, 0) is 14.8 Å². The fourth-order valence-electron chi connectivity index (χ4n) is 2.84. The van der Waals surface area contributed by atoms with E-state index in [1.54, 1.807) is 18.2 Å². The molecule has 0 saturated carbocycles. The molecule has 0 bridgehead atoms. The van der Waals surface area contributed by atoms with Crippen LogP contribution in [0.1, 0.15) is 31.7 Å². The maximum Gasteiger partial charge on any atom is 0.263 e. The van der Waals surface area contributed by atoms with Crippen molar-refractivity contribution in [1.82, 2.24) is 4.72 Å². The first-order valence-corrected chi connectivity index (χ1v) is 10.3. The molecule has 1 heterocycles. The van der Waals surface area contributed by atoms with Gasteiger partial charge in [0, 0.05) is 17.3 Å². The Kier molecular flexibility index (Phi) is 5.73. The maximum atomic E-state index is 13.4. The molecular weight excluding hydrogens is 388 g/mol. The van der Waals surface area contributed by atoms with Crippen LogP contribution in [-0.4, -0.2) is 26.2 Å². The van der Waals surface area contributed by atoms with Crippen molar-refractivity contribution >= 4 is 27.5 Å². The van der Waals surface area contributed by atoms with Crippen LogP contribution in [0.25, 0.3) is 0 Å². The van der Waals surface area contributed by atoms with E-state index in [1.807, 2.05) is 6.92 Å². The molecule has 1 atom stereocenters. The normalized spacial score (nSPS) is 17.0. The zero-order chi connectivity index (χ0) is 20.3. The first kappa shape index (κ1) is 19.9. The summed E-state index contributed by atoms with van der Waals surface area (Å²) in [5.74, 6) is -2.53. The van der Waals surface area contributed by atoms with Crippen molar-refractivity contribution in [1.29, 1.82) is 0 Å². The first-order chi connectivity index (χ1) is 13.3. The van der Waals surface area contributed by atoms with Gasteiger partial charge in [-0.25, -0.2) is 17.2 Å². The molecular formula is C19H19F2N3O3S. The van der Waals surface area contributed by atoms with Crippen molar-refractivity contribution in [2.75, 3.05) is 5.32 Å². The predicted molar refractivity (Wildman–Crippen MR) is 102 cm³/mol. The van der Waals surface area contributed by atoms with Crippen LogP contribution in [0.2, 0.25) is 0 Å². The lowest BCUT2D eigenvalue weighted by Crippen LogP contribution is -2.30. The summed E-state index contributed by atoms with van der Waals surface area (Å²) in [6, 6.07) is 8.50. The van der Waals surface area contributed by atoms with E-state index >= 15 is 0 Å². The van der Waals surface area contributed by atoms with Crippen LogP contribution in [0, 0.1) is 11.6 Å². The standard InChI is InChI=1S/C19H19F2N3O3S/c1-2-3-7-16(19(25)22-12-9-10-14(20)15(21)11-12)23-18-13-6-4-5-8-17(13)28(26,27)24-18/h4-6,8-11,16H,2-3,7H2,1H3,(H,22,25)(H,23,24)/t16-/m1/s1. The number of carbonyl (C=O) groups excluding carboxylic acids is 1. The molecule has 1 aliphatic heterocycles. The van der Waals surface area contributed by atoms with Gasteiger partial charge in [0.2, 0.25) is 5.91 Å². The molecule has 0 radical (unpaired) electrons. The molecule has 3 rings (SSSR count). The molecule has 0 spiro atoms. The second-order valence-electron chi connectivity index (χ2n) is 6.36. The van der Waals surface area contributed by atoms with Crippen LogP contribution < -0.4 is 10.0 Å². The summed E-state index contributed by atoms with van der Waals surface area (Å²) in [4.78, 5) is 17.1. The van der Waals surface area contributed by atoms with E-state index in [0.717, 1.165) is 18.6 Å². The van der Waals surface area contributed by atoms with Gasteiger partial charge in [-0.1, -0.05) is 31.9 Å². The van der Waals surface area contributed by atoms with Crippen LogP contribution in [0.5, 0.6) is 0 Å². The quantitative estimate of drug-likeness (QED) is 0.771. The number of nitrogens with zero attached hydrogens (tertiary/aromatic N) is 1. The van der Waals surface area contributed by atoms with E-state index in [1.165, 1.54) is 12.1 Å². The third kappa shape index (κ3) is 4.19. The smallest absolute Gasteiger partial charge is 0.263 e. The Hall–Kier alpha value is -2.81. The van der Waals surface area contributed by atoms with Gasteiger partial charge in [-0.2, -0.15) is 0 Å². The van der Waals surface area contributed by atoms with E-state index in [0.29, 0.717) is 18.4 Å². The Morgan fingerprint density at radius 2 is 1.93 bits per heavy atom. The number of carbonyl (C=O) groups is 1. The highest BCUT2D eigenvalue weighted by molar-refractivity contribution is 7.90. The number of sulfonamides is 1. The molecule has 2 aromatic rings. The minimum atomic E-state index is -3.72. The average molecular weight is 407 g/mol. The summed E-state index contributed by atoms with van der Waals surface area (Å²) in [6.45, 7) is 1.95.